The van der Waals surface area contributed by atoms with Crippen molar-refractivity contribution in [3.8, 4) is 5.75 Å². The van der Waals surface area contributed by atoms with Crippen molar-refractivity contribution in [1.82, 2.24) is 5.32 Å². The van der Waals surface area contributed by atoms with Crippen LogP contribution in [0, 0.1) is 0 Å². The molecule has 1 amide bonds. The number of aliphatic hydroxyl groups excluding tert-OH is 2. The van der Waals surface area contributed by atoms with E-state index in [1.165, 1.54) is 18.4 Å². The number of amides is 1. The number of thiophene rings is 1. The van der Waals surface area contributed by atoms with Crippen LogP contribution in [0.3, 0.4) is 0 Å². The van der Waals surface area contributed by atoms with Crippen molar-refractivity contribution in [1.29, 1.82) is 0 Å². The van der Waals surface area contributed by atoms with Gasteiger partial charge in [-0.05, 0) is 6.42 Å². The summed E-state index contributed by atoms with van der Waals surface area (Å²) >= 11 is 1.25. The Morgan fingerprint density at radius 2 is 2.18 bits per heavy atom. The molecule has 0 bridgehead atoms. The van der Waals surface area contributed by atoms with Crippen LogP contribution in [0.2, 0.25) is 0 Å². The minimum absolute atomic E-state index is 0.297. The summed E-state index contributed by atoms with van der Waals surface area (Å²) in [7, 11) is 1.53. The lowest BCUT2D eigenvalue weighted by Gasteiger charge is -2.29. The number of carbonyl (C=O) groups is 1. The van der Waals surface area contributed by atoms with Gasteiger partial charge >= 0.3 is 0 Å². The Morgan fingerprint density at radius 3 is 2.59 bits per heavy atom. The summed E-state index contributed by atoms with van der Waals surface area (Å²) in [4.78, 5) is 12.4. The molecule has 5 nitrogen and oxygen atoms in total. The highest BCUT2D eigenvalue weighted by molar-refractivity contribution is 7.12. The van der Waals surface area contributed by atoms with E-state index in [9.17, 15) is 15.0 Å². The quantitative estimate of drug-likeness (QED) is 0.700. The molecule has 17 heavy (non-hydrogen) atoms. The fourth-order valence-corrected chi connectivity index (χ4v) is 2.04. The molecule has 0 aromatic carbocycles. The lowest BCUT2D eigenvalue weighted by atomic mass is 9.98. The highest BCUT2D eigenvalue weighted by Crippen LogP contribution is 2.22. The highest BCUT2D eigenvalue weighted by atomic mass is 32.1. The molecule has 1 aromatic heterocycles. The molecule has 1 aromatic rings. The molecule has 0 aliphatic carbocycles. The van der Waals surface area contributed by atoms with Crippen molar-refractivity contribution in [2.45, 2.75) is 18.9 Å². The van der Waals surface area contributed by atoms with E-state index in [1.54, 1.807) is 18.4 Å². The fourth-order valence-electron chi connectivity index (χ4n) is 1.29. The summed E-state index contributed by atoms with van der Waals surface area (Å²) in [6.45, 7) is 1.20. The summed E-state index contributed by atoms with van der Waals surface area (Å²) in [5.41, 5.74) is -0.964. The molecule has 0 unspecified atom stereocenters. The first-order chi connectivity index (χ1) is 8.10. The molecule has 0 saturated heterocycles. The van der Waals surface area contributed by atoms with E-state index < -0.39 is 5.54 Å². The van der Waals surface area contributed by atoms with Crippen molar-refractivity contribution in [2.24, 2.45) is 0 Å². The second kappa shape index (κ2) is 6.00. The van der Waals surface area contributed by atoms with Gasteiger partial charge in [-0.3, -0.25) is 4.79 Å². The minimum Gasteiger partial charge on any atom is -0.496 e. The summed E-state index contributed by atoms with van der Waals surface area (Å²) < 4.78 is 4.99. The van der Waals surface area contributed by atoms with Gasteiger partial charge in [0.25, 0.3) is 5.91 Å². The molecule has 0 aliphatic heterocycles. The smallest absolute Gasteiger partial charge is 0.262 e. The van der Waals surface area contributed by atoms with E-state index in [0.717, 1.165) is 0 Å². The maximum absolute atomic E-state index is 11.9. The zero-order valence-electron chi connectivity index (χ0n) is 9.90. The number of rotatable bonds is 6. The highest BCUT2D eigenvalue weighted by Gasteiger charge is 2.29. The Bertz CT molecular complexity index is 365. The van der Waals surface area contributed by atoms with Gasteiger partial charge in [-0.25, -0.2) is 0 Å². The average Bonchev–Trinajstić information content (AvgIpc) is 2.85. The maximum atomic E-state index is 11.9. The van der Waals surface area contributed by atoms with E-state index >= 15 is 0 Å². The first-order valence-electron chi connectivity index (χ1n) is 5.27. The third kappa shape index (κ3) is 3.18. The predicted molar refractivity (Wildman–Crippen MR) is 65.5 cm³/mol. The monoisotopic (exact) mass is 259 g/mol. The van der Waals surface area contributed by atoms with Gasteiger partial charge in [0.1, 0.15) is 5.75 Å². The van der Waals surface area contributed by atoms with E-state index in [0.29, 0.717) is 17.0 Å². The van der Waals surface area contributed by atoms with E-state index in [-0.39, 0.29) is 19.1 Å². The lowest BCUT2D eigenvalue weighted by Crippen LogP contribution is -2.53. The van der Waals surface area contributed by atoms with E-state index in [1.807, 2.05) is 0 Å². The second-order valence-electron chi connectivity index (χ2n) is 3.76. The number of methoxy groups -OCH3 is 1. The van der Waals surface area contributed by atoms with Gasteiger partial charge in [-0.2, -0.15) is 0 Å². The zero-order chi connectivity index (χ0) is 12.9. The topological polar surface area (TPSA) is 78.8 Å². The van der Waals surface area contributed by atoms with Crippen LogP contribution >= 0.6 is 11.3 Å². The fraction of sp³-hybridized carbons (Fsp3) is 0.545. The lowest BCUT2D eigenvalue weighted by molar-refractivity contribution is 0.0656. The van der Waals surface area contributed by atoms with Crippen molar-refractivity contribution in [3.63, 3.8) is 0 Å². The molecule has 0 saturated carbocycles. The Labute approximate surface area is 104 Å². The van der Waals surface area contributed by atoms with Gasteiger partial charge in [0.15, 0.2) is 0 Å². The normalized spacial score (nSPS) is 11.3. The van der Waals surface area contributed by atoms with Crippen LogP contribution in [-0.2, 0) is 0 Å². The van der Waals surface area contributed by atoms with Gasteiger partial charge in [0, 0.05) is 11.4 Å². The van der Waals surface area contributed by atoms with Crippen LogP contribution in [0.1, 0.15) is 23.0 Å². The minimum atomic E-state index is -0.964. The first-order valence-corrected chi connectivity index (χ1v) is 6.15. The standard InChI is InChI=1S/C11H17NO4S/c1-3-11(6-13,7-14)12-10(15)9-4-8(16-2)5-17-9/h4-5,13-14H,3,6-7H2,1-2H3,(H,12,15). The average molecular weight is 259 g/mol. The van der Waals surface area contributed by atoms with Crippen molar-refractivity contribution >= 4 is 17.2 Å². The molecule has 0 fully saturated rings. The molecule has 0 radical (unpaired) electrons. The van der Waals surface area contributed by atoms with Crippen LogP contribution in [-0.4, -0.2) is 42.0 Å². The molecule has 1 rings (SSSR count). The zero-order valence-corrected chi connectivity index (χ0v) is 10.7. The largest absolute Gasteiger partial charge is 0.496 e. The number of hydrogen-bond donors (Lipinski definition) is 3. The van der Waals surface area contributed by atoms with Crippen molar-refractivity contribution in [3.05, 3.63) is 16.3 Å². The molecule has 96 valence electrons. The molecule has 0 spiro atoms. The first kappa shape index (κ1) is 14.0. The van der Waals surface area contributed by atoms with Crippen molar-refractivity contribution < 1.29 is 19.7 Å². The van der Waals surface area contributed by atoms with Gasteiger partial charge in [-0.15, -0.1) is 11.3 Å². The number of ether oxygens (including phenoxy) is 1. The van der Waals surface area contributed by atoms with Crippen LogP contribution in [0.5, 0.6) is 5.75 Å². The molecule has 3 N–H and O–H groups in total. The summed E-state index contributed by atoms with van der Waals surface area (Å²) in [5, 5.41) is 22.8. The summed E-state index contributed by atoms with van der Waals surface area (Å²) in [5.74, 6) is 0.304. The number of nitrogens with one attached hydrogen (secondary N) is 1. The van der Waals surface area contributed by atoms with Crippen LogP contribution in [0.25, 0.3) is 0 Å². The Hall–Kier alpha value is -1.11. The Kier molecular flexibility index (Phi) is 4.92. The number of carbonyl (C=O) groups excluding carboxylic acids is 1. The van der Waals surface area contributed by atoms with Crippen molar-refractivity contribution in [2.75, 3.05) is 20.3 Å². The summed E-state index contributed by atoms with van der Waals surface area (Å²) in [6.07, 6.45) is 0.453. The van der Waals surface area contributed by atoms with Crippen LogP contribution in [0.15, 0.2) is 11.4 Å². The second-order valence-corrected chi connectivity index (χ2v) is 4.67. The molecular formula is C11H17NO4S. The maximum Gasteiger partial charge on any atom is 0.262 e. The SMILES string of the molecule is CCC(CO)(CO)NC(=O)c1cc(OC)cs1. The van der Waals surface area contributed by atoms with Crippen LogP contribution in [0.4, 0.5) is 0 Å². The molecule has 6 heteroatoms. The van der Waals surface area contributed by atoms with Gasteiger partial charge in [-0.1, -0.05) is 6.92 Å². The Balaban J connectivity index is 2.77. The van der Waals surface area contributed by atoms with Gasteiger partial charge in [0.05, 0.1) is 30.7 Å². The van der Waals surface area contributed by atoms with E-state index in [4.69, 9.17) is 4.74 Å². The predicted octanol–water partition coefficient (Wildman–Crippen LogP) is 0.620. The molecule has 0 aliphatic rings. The summed E-state index contributed by atoms with van der Waals surface area (Å²) in [6, 6.07) is 1.62. The van der Waals surface area contributed by atoms with Gasteiger partial charge in [0.2, 0.25) is 0 Å². The van der Waals surface area contributed by atoms with E-state index in [2.05, 4.69) is 5.32 Å². The molecule has 0 atom stereocenters. The van der Waals surface area contributed by atoms with Gasteiger partial charge < -0.3 is 20.3 Å². The third-order valence-corrected chi connectivity index (χ3v) is 3.60. The molecule has 1 heterocycles. The third-order valence-electron chi connectivity index (χ3n) is 2.70. The number of hydrogen-bond acceptors (Lipinski definition) is 5. The number of aliphatic hydroxyl groups is 2. The van der Waals surface area contributed by atoms with Crippen LogP contribution < -0.4 is 10.1 Å². The Morgan fingerprint density at radius 1 is 1.53 bits per heavy atom. The molecular weight excluding hydrogens is 242 g/mol.